The van der Waals surface area contributed by atoms with E-state index in [1.165, 1.54) is 12.8 Å². The van der Waals surface area contributed by atoms with E-state index in [9.17, 15) is 9.59 Å². The van der Waals surface area contributed by atoms with E-state index in [-0.39, 0.29) is 11.3 Å². The second-order valence-corrected chi connectivity index (χ2v) is 8.16. The summed E-state index contributed by atoms with van der Waals surface area (Å²) in [5.41, 5.74) is 0.609. The van der Waals surface area contributed by atoms with E-state index in [2.05, 4.69) is 4.90 Å². The zero-order valence-corrected chi connectivity index (χ0v) is 14.3. The van der Waals surface area contributed by atoms with Gasteiger partial charge in [0.25, 0.3) is 5.91 Å². The molecular weight excluding hydrogens is 308 g/mol. The van der Waals surface area contributed by atoms with Gasteiger partial charge in [0.15, 0.2) is 0 Å². The van der Waals surface area contributed by atoms with Crippen LogP contribution in [0.5, 0.6) is 0 Å². The topological polar surface area (TPSA) is 40.6 Å². The van der Waals surface area contributed by atoms with Gasteiger partial charge in [0.1, 0.15) is 0 Å². The van der Waals surface area contributed by atoms with Crippen molar-refractivity contribution in [3.8, 4) is 0 Å². The maximum absolute atomic E-state index is 12.9. The minimum atomic E-state index is -0.182. The van der Waals surface area contributed by atoms with Crippen LogP contribution in [-0.2, 0) is 4.79 Å². The number of amides is 2. The molecule has 124 valence electrons. The molecule has 2 saturated heterocycles. The second-order valence-electron chi connectivity index (χ2n) is 7.38. The molecule has 1 spiro atoms. The predicted octanol–water partition coefficient (Wildman–Crippen LogP) is 3.00. The largest absolute Gasteiger partial charge is 0.342 e. The van der Waals surface area contributed by atoms with Gasteiger partial charge in [-0.15, -0.1) is 0 Å². The Kier molecular flexibility index (Phi) is 3.92. The van der Waals surface area contributed by atoms with E-state index in [0.29, 0.717) is 5.91 Å². The van der Waals surface area contributed by atoms with Gasteiger partial charge in [-0.3, -0.25) is 9.59 Å². The van der Waals surface area contributed by atoms with Crippen LogP contribution in [0, 0.1) is 11.3 Å². The average molecular weight is 332 g/mol. The Bertz CT molecular complexity index is 596. The van der Waals surface area contributed by atoms with Crippen molar-refractivity contribution in [1.29, 1.82) is 0 Å². The molecule has 0 bridgehead atoms. The molecule has 1 aromatic heterocycles. The van der Waals surface area contributed by atoms with E-state index in [0.717, 1.165) is 63.3 Å². The van der Waals surface area contributed by atoms with Gasteiger partial charge in [-0.05, 0) is 55.9 Å². The third-order valence-corrected chi connectivity index (χ3v) is 6.46. The van der Waals surface area contributed by atoms with Crippen molar-refractivity contribution in [3.63, 3.8) is 0 Å². The highest BCUT2D eigenvalue weighted by molar-refractivity contribution is 7.08. The summed E-state index contributed by atoms with van der Waals surface area (Å²) >= 11 is 1.56. The molecule has 1 saturated carbocycles. The first-order valence-electron chi connectivity index (χ1n) is 8.79. The van der Waals surface area contributed by atoms with E-state index < -0.39 is 0 Å². The molecule has 23 heavy (non-hydrogen) atoms. The van der Waals surface area contributed by atoms with Crippen LogP contribution in [0.2, 0.25) is 0 Å². The SMILES string of the molecule is O=C(c1ccsc1)N1CCC[C@]2(CC1)CCN(CC1CC1)C2=O. The van der Waals surface area contributed by atoms with Gasteiger partial charge in [-0.2, -0.15) is 11.3 Å². The molecule has 3 heterocycles. The minimum Gasteiger partial charge on any atom is -0.342 e. The highest BCUT2D eigenvalue weighted by atomic mass is 32.1. The number of likely N-dealkylation sites (tertiary alicyclic amines) is 2. The fourth-order valence-electron chi connectivity index (χ4n) is 4.11. The first kappa shape index (κ1) is 15.2. The van der Waals surface area contributed by atoms with Gasteiger partial charge in [0.05, 0.1) is 11.0 Å². The lowest BCUT2D eigenvalue weighted by molar-refractivity contribution is -0.136. The van der Waals surface area contributed by atoms with Gasteiger partial charge < -0.3 is 9.80 Å². The van der Waals surface area contributed by atoms with Crippen molar-refractivity contribution in [3.05, 3.63) is 22.4 Å². The highest BCUT2D eigenvalue weighted by Gasteiger charge is 2.48. The van der Waals surface area contributed by atoms with E-state index in [4.69, 9.17) is 0 Å². The van der Waals surface area contributed by atoms with Crippen LogP contribution < -0.4 is 0 Å². The van der Waals surface area contributed by atoms with Crippen LogP contribution in [0.25, 0.3) is 0 Å². The lowest BCUT2D eigenvalue weighted by Gasteiger charge is -2.26. The van der Waals surface area contributed by atoms with Gasteiger partial charge >= 0.3 is 0 Å². The van der Waals surface area contributed by atoms with Crippen molar-refractivity contribution >= 4 is 23.2 Å². The first-order chi connectivity index (χ1) is 11.2. The Morgan fingerprint density at radius 3 is 2.78 bits per heavy atom. The van der Waals surface area contributed by atoms with Gasteiger partial charge in [0.2, 0.25) is 5.91 Å². The molecule has 0 unspecified atom stereocenters. The van der Waals surface area contributed by atoms with Gasteiger partial charge in [0, 0.05) is 31.6 Å². The number of hydrogen-bond donors (Lipinski definition) is 0. The molecule has 1 aliphatic carbocycles. The summed E-state index contributed by atoms with van der Waals surface area (Å²) in [5, 5.41) is 3.86. The summed E-state index contributed by atoms with van der Waals surface area (Å²) in [6.45, 7) is 3.40. The van der Waals surface area contributed by atoms with E-state index in [1.54, 1.807) is 11.3 Å². The van der Waals surface area contributed by atoms with Crippen LogP contribution >= 0.6 is 11.3 Å². The zero-order chi connectivity index (χ0) is 15.9. The van der Waals surface area contributed by atoms with Crippen LogP contribution in [-0.4, -0.2) is 47.8 Å². The van der Waals surface area contributed by atoms with Gasteiger partial charge in [-0.25, -0.2) is 0 Å². The lowest BCUT2D eigenvalue weighted by atomic mass is 9.79. The number of hydrogen-bond acceptors (Lipinski definition) is 3. The standard InChI is InChI=1S/C18H24N2O2S/c21-16(15-4-11-23-13-15)19-8-1-5-18(6-9-19)7-10-20(17(18)22)12-14-2-3-14/h4,11,13-14H,1-3,5-10,12H2/t18-/m0/s1. The summed E-state index contributed by atoms with van der Waals surface area (Å²) in [7, 11) is 0. The number of nitrogens with zero attached hydrogens (tertiary/aromatic N) is 2. The molecule has 0 N–H and O–H groups in total. The summed E-state index contributed by atoms with van der Waals surface area (Å²) in [6, 6.07) is 1.89. The number of carbonyl (C=O) groups excluding carboxylic acids is 2. The molecule has 0 radical (unpaired) electrons. The number of rotatable bonds is 3. The predicted molar refractivity (Wildman–Crippen MR) is 90.4 cm³/mol. The van der Waals surface area contributed by atoms with Crippen molar-refractivity contribution in [2.75, 3.05) is 26.2 Å². The molecule has 3 aliphatic rings. The number of carbonyl (C=O) groups is 2. The van der Waals surface area contributed by atoms with E-state index in [1.807, 2.05) is 21.7 Å². The summed E-state index contributed by atoms with van der Waals surface area (Å²) in [4.78, 5) is 29.5. The third-order valence-electron chi connectivity index (χ3n) is 5.78. The summed E-state index contributed by atoms with van der Waals surface area (Å²) in [5.74, 6) is 1.26. The van der Waals surface area contributed by atoms with E-state index >= 15 is 0 Å². The molecule has 1 aromatic rings. The Labute approximate surface area is 141 Å². The maximum Gasteiger partial charge on any atom is 0.254 e. The summed E-state index contributed by atoms with van der Waals surface area (Å²) in [6.07, 6.45) is 6.29. The third kappa shape index (κ3) is 2.91. The Hall–Kier alpha value is -1.36. The Morgan fingerprint density at radius 1 is 1.22 bits per heavy atom. The lowest BCUT2D eigenvalue weighted by Crippen LogP contribution is -2.37. The molecule has 4 rings (SSSR count). The average Bonchev–Trinajstić information content (AvgIpc) is 3.18. The van der Waals surface area contributed by atoms with Crippen molar-refractivity contribution < 1.29 is 9.59 Å². The van der Waals surface area contributed by atoms with Crippen LogP contribution in [0.3, 0.4) is 0 Å². The summed E-state index contributed by atoms with van der Waals surface area (Å²) < 4.78 is 0. The fourth-order valence-corrected chi connectivity index (χ4v) is 4.74. The molecule has 5 heteroatoms. The quantitative estimate of drug-likeness (QED) is 0.854. The smallest absolute Gasteiger partial charge is 0.254 e. The fraction of sp³-hybridized carbons (Fsp3) is 0.667. The molecule has 2 aliphatic heterocycles. The van der Waals surface area contributed by atoms with Crippen LogP contribution in [0.15, 0.2) is 16.8 Å². The maximum atomic E-state index is 12.9. The van der Waals surface area contributed by atoms with Crippen LogP contribution in [0.1, 0.15) is 48.9 Å². The van der Waals surface area contributed by atoms with Crippen molar-refractivity contribution in [2.45, 2.75) is 38.5 Å². The zero-order valence-electron chi connectivity index (χ0n) is 13.5. The molecule has 4 nitrogen and oxygen atoms in total. The monoisotopic (exact) mass is 332 g/mol. The Morgan fingerprint density at radius 2 is 2.04 bits per heavy atom. The second kappa shape index (κ2) is 5.93. The molecule has 2 amide bonds. The molecule has 1 atom stereocenters. The molecular formula is C18H24N2O2S. The van der Waals surface area contributed by atoms with Gasteiger partial charge in [-0.1, -0.05) is 0 Å². The molecule has 0 aromatic carbocycles. The highest BCUT2D eigenvalue weighted by Crippen LogP contribution is 2.43. The van der Waals surface area contributed by atoms with Crippen LogP contribution in [0.4, 0.5) is 0 Å². The first-order valence-corrected chi connectivity index (χ1v) is 9.73. The minimum absolute atomic E-state index is 0.128. The Balaban J connectivity index is 1.42. The normalized spacial score (nSPS) is 28.4. The van der Waals surface area contributed by atoms with Crippen molar-refractivity contribution in [2.24, 2.45) is 11.3 Å². The number of thiophene rings is 1. The van der Waals surface area contributed by atoms with Crippen molar-refractivity contribution in [1.82, 2.24) is 9.80 Å². The molecule has 3 fully saturated rings.